The summed E-state index contributed by atoms with van der Waals surface area (Å²) in [6.07, 6.45) is 4.11. The first-order chi connectivity index (χ1) is 16.6. The molecule has 34 heavy (non-hydrogen) atoms. The number of hydrogen-bond acceptors (Lipinski definition) is 7. The Labute approximate surface area is 202 Å². The van der Waals surface area contributed by atoms with Crippen molar-refractivity contribution in [2.75, 3.05) is 12.4 Å². The van der Waals surface area contributed by atoms with Crippen LogP contribution < -0.4 is 5.32 Å². The zero-order valence-corrected chi connectivity index (χ0v) is 19.5. The predicted octanol–water partition coefficient (Wildman–Crippen LogP) is 3.91. The molecule has 0 bridgehead atoms. The number of ether oxygens (including phenoxy) is 1. The number of nitrogens with zero attached hydrogens (tertiary/aromatic N) is 4. The van der Waals surface area contributed by atoms with E-state index in [-0.39, 0.29) is 5.75 Å². The second-order valence-electron chi connectivity index (χ2n) is 8.10. The Morgan fingerprint density at radius 3 is 2.38 bits per heavy atom. The highest BCUT2D eigenvalue weighted by Gasteiger charge is 2.33. The molecular formula is C25H25N5O3S. The number of carbonyl (C=O) groups excluding carboxylic acids is 2. The molecule has 1 fully saturated rings. The molecule has 8 nitrogen and oxygen atoms in total. The van der Waals surface area contributed by atoms with Crippen molar-refractivity contribution in [2.24, 2.45) is 0 Å². The van der Waals surface area contributed by atoms with Gasteiger partial charge in [-0.25, -0.2) is 0 Å². The molecule has 0 unspecified atom stereocenters. The summed E-state index contributed by atoms with van der Waals surface area (Å²) in [4.78, 5) is 24.6. The predicted molar refractivity (Wildman–Crippen MR) is 128 cm³/mol. The summed E-state index contributed by atoms with van der Waals surface area (Å²) >= 11 is 1.19. The Balaban J connectivity index is 1.39. The maximum atomic E-state index is 12.3. The molecule has 0 atom stereocenters. The van der Waals surface area contributed by atoms with Gasteiger partial charge in [0.1, 0.15) is 5.54 Å². The van der Waals surface area contributed by atoms with Gasteiger partial charge in [0.15, 0.2) is 17.6 Å². The number of amides is 1. The van der Waals surface area contributed by atoms with Gasteiger partial charge in [0.05, 0.1) is 11.8 Å². The van der Waals surface area contributed by atoms with Crippen LogP contribution in [0.3, 0.4) is 0 Å². The molecule has 1 amide bonds. The SMILES string of the molecule is N#CC1(NC(=O)COC(=O)CSc2nnc(-c3ccccc3)n2-c2ccccc2)CCCCC1. The normalized spacial score (nSPS) is 14.7. The Kier molecular flexibility index (Phi) is 7.60. The van der Waals surface area contributed by atoms with Crippen LogP contribution >= 0.6 is 11.8 Å². The van der Waals surface area contributed by atoms with Crippen LogP contribution in [-0.4, -0.2) is 44.5 Å². The van der Waals surface area contributed by atoms with E-state index in [1.54, 1.807) is 0 Å². The van der Waals surface area contributed by atoms with Gasteiger partial charge in [0, 0.05) is 11.3 Å². The second kappa shape index (κ2) is 11.0. The smallest absolute Gasteiger partial charge is 0.316 e. The number of benzene rings is 2. The molecule has 1 aromatic heterocycles. The second-order valence-corrected chi connectivity index (χ2v) is 9.04. The summed E-state index contributed by atoms with van der Waals surface area (Å²) in [7, 11) is 0. The average Bonchev–Trinajstić information content (AvgIpc) is 3.32. The molecule has 0 aliphatic heterocycles. The van der Waals surface area contributed by atoms with Crippen LogP contribution in [0.15, 0.2) is 65.8 Å². The van der Waals surface area contributed by atoms with Crippen LogP contribution in [0.5, 0.6) is 0 Å². The summed E-state index contributed by atoms with van der Waals surface area (Å²) in [5.74, 6) is -0.369. The number of nitrogens with one attached hydrogen (secondary N) is 1. The minimum atomic E-state index is -0.851. The van der Waals surface area contributed by atoms with Gasteiger partial charge in [-0.2, -0.15) is 5.26 Å². The number of aromatic nitrogens is 3. The van der Waals surface area contributed by atoms with Gasteiger partial charge in [0.25, 0.3) is 5.91 Å². The number of carbonyl (C=O) groups is 2. The summed E-state index contributed by atoms with van der Waals surface area (Å²) in [6, 6.07) is 21.6. The highest BCUT2D eigenvalue weighted by atomic mass is 32.2. The molecule has 4 rings (SSSR count). The minimum absolute atomic E-state index is 0.0313. The molecule has 0 saturated heterocycles. The first-order valence-electron chi connectivity index (χ1n) is 11.2. The largest absolute Gasteiger partial charge is 0.455 e. The molecule has 174 valence electrons. The molecule has 1 N–H and O–H groups in total. The molecular weight excluding hydrogens is 450 g/mol. The maximum absolute atomic E-state index is 12.3. The van der Waals surface area contributed by atoms with Gasteiger partial charge in [-0.1, -0.05) is 79.6 Å². The van der Waals surface area contributed by atoms with Crippen LogP contribution in [0.4, 0.5) is 0 Å². The number of para-hydroxylation sites is 1. The third kappa shape index (κ3) is 5.64. The van der Waals surface area contributed by atoms with Gasteiger partial charge in [-0.05, 0) is 25.0 Å². The van der Waals surface area contributed by atoms with Crippen molar-refractivity contribution in [3.8, 4) is 23.1 Å². The highest BCUT2D eigenvalue weighted by Crippen LogP contribution is 2.29. The number of hydrogen-bond donors (Lipinski definition) is 1. The van der Waals surface area contributed by atoms with Crippen LogP contribution in [0, 0.1) is 11.3 Å². The number of rotatable bonds is 8. The molecule has 0 radical (unpaired) electrons. The average molecular weight is 476 g/mol. The Hall–Kier alpha value is -3.64. The Morgan fingerprint density at radius 1 is 1.03 bits per heavy atom. The summed E-state index contributed by atoms with van der Waals surface area (Å²) in [5, 5.41) is 21.4. The third-order valence-electron chi connectivity index (χ3n) is 5.66. The van der Waals surface area contributed by atoms with Crippen molar-refractivity contribution < 1.29 is 14.3 Å². The van der Waals surface area contributed by atoms with Crippen molar-refractivity contribution in [3.63, 3.8) is 0 Å². The maximum Gasteiger partial charge on any atom is 0.316 e. The summed E-state index contributed by atoms with van der Waals surface area (Å²) in [6.45, 7) is -0.413. The highest BCUT2D eigenvalue weighted by molar-refractivity contribution is 7.99. The molecule has 3 aromatic rings. The number of nitriles is 1. The summed E-state index contributed by atoms with van der Waals surface area (Å²) < 4.78 is 7.04. The van der Waals surface area contributed by atoms with Crippen molar-refractivity contribution >= 4 is 23.6 Å². The number of esters is 1. The molecule has 9 heteroatoms. The molecule has 1 aliphatic rings. The van der Waals surface area contributed by atoms with Crippen LogP contribution in [0.1, 0.15) is 32.1 Å². The van der Waals surface area contributed by atoms with E-state index >= 15 is 0 Å². The molecule has 0 spiro atoms. The topological polar surface area (TPSA) is 110 Å². The van der Waals surface area contributed by atoms with E-state index in [1.807, 2.05) is 65.2 Å². The Morgan fingerprint density at radius 2 is 1.71 bits per heavy atom. The zero-order chi connectivity index (χ0) is 23.8. The molecule has 2 aromatic carbocycles. The fraction of sp³-hybridized carbons (Fsp3) is 0.320. The zero-order valence-electron chi connectivity index (χ0n) is 18.6. The fourth-order valence-corrected chi connectivity index (χ4v) is 4.73. The Bertz CT molecular complexity index is 1170. The molecule has 1 aliphatic carbocycles. The monoisotopic (exact) mass is 475 g/mol. The van der Waals surface area contributed by atoms with Gasteiger partial charge in [-0.15, -0.1) is 10.2 Å². The van der Waals surface area contributed by atoms with Crippen molar-refractivity contribution in [1.82, 2.24) is 20.1 Å². The van der Waals surface area contributed by atoms with Gasteiger partial charge in [0.2, 0.25) is 0 Å². The van der Waals surface area contributed by atoms with Gasteiger partial charge < -0.3 is 10.1 Å². The first-order valence-corrected chi connectivity index (χ1v) is 12.2. The standard InChI is InChI=1S/C25H25N5O3S/c26-18-25(14-8-3-9-15-25)27-21(31)16-33-22(32)17-34-24-29-28-23(19-10-4-1-5-11-19)30(24)20-12-6-2-7-13-20/h1-2,4-7,10-13H,3,8-9,14-17H2,(H,27,31). The van der Waals surface area contributed by atoms with E-state index in [0.717, 1.165) is 30.5 Å². The fourth-order valence-electron chi connectivity index (χ4n) is 3.98. The van der Waals surface area contributed by atoms with Crippen LogP contribution in [-0.2, 0) is 14.3 Å². The van der Waals surface area contributed by atoms with Crippen molar-refractivity contribution in [1.29, 1.82) is 5.26 Å². The summed E-state index contributed by atoms with van der Waals surface area (Å²) in [5.41, 5.74) is 0.922. The number of thioether (sulfide) groups is 1. The van der Waals surface area contributed by atoms with Crippen LogP contribution in [0.25, 0.3) is 17.1 Å². The van der Waals surface area contributed by atoms with E-state index in [0.29, 0.717) is 23.8 Å². The molecule has 1 saturated carbocycles. The van der Waals surface area contributed by atoms with E-state index in [2.05, 4.69) is 21.6 Å². The lowest BCUT2D eigenvalue weighted by Gasteiger charge is -2.31. The van der Waals surface area contributed by atoms with Gasteiger partial charge >= 0.3 is 5.97 Å². The van der Waals surface area contributed by atoms with Gasteiger partial charge in [-0.3, -0.25) is 14.2 Å². The van der Waals surface area contributed by atoms with E-state index in [1.165, 1.54) is 11.8 Å². The van der Waals surface area contributed by atoms with Crippen molar-refractivity contribution in [2.45, 2.75) is 42.8 Å². The first kappa shape index (κ1) is 23.5. The lowest BCUT2D eigenvalue weighted by atomic mass is 9.83. The van der Waals surface area contributed by atoms with Crippen molar-refractivity contribution in [3.05, 3.63) is 60.7 Å². The lowest BCUT2D eigenvalue weighted by Crippen LogP contribution is -2.50. The van der Waals surface area contributed by atoms with E-state index in [4.69, 9.17) is 4.74 Å². The molecule has 1 heterocycles. The van der Waals surface area contributed by atoms with Crippen LogP contribution in [0.2, 0.25) is 0 Å². The third-order valence-corrected chi connectivity index (χ3v) is 6.57. The minimum Gasteiger partial charge on any atom is -0.455 e. The van der Waals surface area contributed by atoms with E-state index in [9.17, 15) is 14.9 Å². The lowest BCUT2D eigenvalue weighted by molar-refractivity contribution is -0.146. The quantitative estimate of drug-likeness (QED) is 0.388. The van der Waals surface area contributed by atoms with E-state index < -0.39 is 24.0 Å².